The molecule has 110 valence electrons. The fourth-order valence-corrected chi connectivity index (χ4v) is 2.22. The van der Waals surface area contributed by atoms with E-state index in [1.807, 2.05) is 55.5 Å². The molecule has 0 spiro atoms. The minimum absolute atomic E-state index is 0.0281. The monoisotopic (exact) mass is 292 g/mol. The van der Waals surface area contributed by atoms with Crippen LogP contribution in [-0.4, -0.2) is 17.5 Å². The maximum absolute atomic E-state index is 12.1. The van der Waals surface area contributed by atoms with E-state index in [0.717, 1.165) is 22.2 Å². The number of nitrogens with one attached hydrogen (secondary N) is 1. The summed E-state index contributed by atoms with van der Waals surface area (Å²) >= 11 is 0. The van der Waals surface area contributed by atoms with Crippen molar-refractivity contribution in [3.05, 3.63) is 66.4 Å². The van der Waals surface area contributed by atoms with Crippen LogP contribution in [-0.2, 0) is 4.79 Å². The van der Waals surface area contributed by atoms with Crippen LogP contribution in [0.5, 0.6) is 5.75 Å². The maximum atomic E-state index is 12.1. The predicted molar refractivity (Wildman–Crippen MR) is 87.0 cm³/mol. The standard InChI is InChI=1S/C18H16N2O2/c1-13-7-8-16-15(11-13)17(9-10-19-16)20-18(21)12-22-14-5-3-2-4-6-14/h2-11H,12H2,1H3,(H,19,20,21). The molecule has 0 fully saturated rings. The van der Waals surface area contributed by atoms with Gasteiger partial charge >= 0.3 is 0 Å². The molecular formula is C18H16N2O2. The zero-order valence-corrected chi connectivity index (χ0v) is 12.2. The summed E-state index contributed by atoms with van der Waals surface area (Å²) in [6.45, 7) is 1.98. The van der Waals surface area contributed by atoms with Gasteiger partial charge in [-0.2, -0.15) is 0 Å². The highest BCUT2D eigenvalue weighted by atomic mass is 16.5. The summed E-state index contributed by atoms with van der Waals surface area (Å²) in [5, 5.41) is 3.80. The number of aryl methyl sites for hydroxylation is 1. The molecule has 0 radical (unpaired) electrons. The van der Waals surface area contributed by atoms with Crippen LogP contribution in [0.4, 0.5) is 5.69 Å². The molecule has 3 aromatic rings. The first-order valence-corrected chi connectivity index (χ1v) is 7.05. The molecule has 2 aromatic carbocycles. The van der Waals surface area contributed by atoms with E-state index in [2.05, 4.69) is 10.3 Å². The number of ether oxygens (including phenoxy) is 1. The summed E-state index contributed by atoms with van der Waals surface area (Å²) in [5.41, 5.74) is 2.72. The second kappa shape index (κ2) is 6.26. The minimum Gasteiger partial charge on any atom is -0.484 e. The topological polar surface area (TPSA) is 51.2 Å². The van der Waals surface area contributed by atoms with Gasteiger partial charge in [0, 0.05) is 11.6 Å². The van der Waals surface area contributed by atoms with E-state index in [1.54, 1.807) is 12.3 Å². The molecule has 0 aliphatic carbocycles. The highest BCUT2D eigenvalue weighted by Gasteiger charge is 2.07. The third-order valence-electron chi connectivity index (χ3n) is 3.28. The summed E-state index contributed by atoms with van der Waals surface area (Å²) in [5.74, 6) is 0.478. The molecule has 22 heavy (non-hydrogen) atoms. The lowest BCUT2D eigenvalue weighted by Gasteiger charge is -2.10. The molecule has 1 N–H and O–H groups in total. The summed E-state index contributed by atoms with van der Waals surface area (Å²) in [6, 6.07) is 17.0. The Labute approximate surface area is 128 Å². The largest absolute Gasteiger partial charge is 0.484 e. The van der Waals surface area contributed by atoms with Crippen molar-refractivity contribution >= 4 is 22.5 Å². The lowest BCUT2D eigenvalue weighted by molar-refractivity contribution is -0.118. The van der Waals surface area contributed by atoms with Gasteiger partial charge in [-0.3, -0.25) is 9.78 Å². The van der Waals surface area contributed by atoms with Crippen LogP contribution in [0.25, 0.3) is 10.9 Å². The van der Waals surface area contributed by atoms with E-state index in [4.69, 9.17) is 4.74 Å². The van der Waals surface area contributed by atoms with Crippen LogP contribution < -0.4 is 10.1 Å². The Bertz CT molecular complexity index is 801. The Hall–Kier alpha value is -2.88. The van der Waals surface area contributed by atoms with Crippen molar-refractivity contribution in [2.75, 3.05) is 11.9 Å². The molecule has 0 bridgehead atoms. The van der Waals surface area contributed by atoms with Gasteiger partial charge in [-0.25, -0.2) is 0 Å². The van der Waals surface area contributed by atoms with Gasteiger partial charge in [-0.05, 0) is 37.3 Å². The van der Waals surface area contributed by atoms with Gasteiger partial charge in [-0.15, -0.1) is 0 Å². The average molecular weight is 292 g/mol. The van der Waals surface area contributed by atoms with Crippen LogP contribution >= 0.6 is 0 Å². The maximum Gasteiger partial charge on any atom is 0.262 e. The van der Waals surface area contributed by atoms with Gasteiger partial charge < -0.3 is 10.1 Å². The van der Waals surface area contributed by atoms with Gasteiger partial charge in [0.2, 0.25) is 0 Å². The second-order valence-electron chi connectivity index (χ2n) is 5.03. The lowest BCUT2D eigenvalue weighted by atomic mass is 10.1. The number of hydrogen-bond donors (Lipinski definition) is 1. The van der Waals surface area contributed by atoms with Gasteiger partial charge in [0.1, 0.15) is 5.75 Å². The molecule has 1 amide bonds. The van der Waals surface area contributed by atoms with Crippen molar-refractivity contribution in [2.45, 2.75) is 6.92 Å². The van der Waals surface area contributed by atoms with Crippen LogP contribution in [0.1, 0.15) is 5.56 Å². The number of carbonyl (C=O) groups is 1. The number of nitrogens with zero attached hydrogens (tertiary/aromatic N) is 1. The summed E-state index contributed by atoms with van der Waals surface area (Å²) in [7, 11) is 0. The van der Waals surface area contributed by atoms with Crippen molar-refractivity contribution in [3.63, 3.8) is 0 Å². The minimum atomic E-state index is -0.196. The molecule has 0 aliphatic heterocycles. The molecule has 1 aromatic heterocycles. The van der Waals surface area contributed by atoms with Crippen LogP contribution in [0, 0.1) is 6.92 Å². The van der Waals surface area contributed by atoms with E-state index in [0.29, 0.717) is 5.75 Å². The number of hydrogen-bond acceptors (Lipinski definition) is 3. The fourth-order valence-electron chi connectivity index (χ4n) is 2.22. The first kappa shape index (κ1) is 14.1. The lowest BCUT2D eigenvalue weighted by Crippen LogP contribution is -2.20. The molecule has 4 heteroatoms. The van der Waals surface area contributed by atoms with E-state index in [-0.39, 0.29) is 12.5 Å². The van der Waals surface area contributed by atoms with Crippen LogP contribution in [0.2, 0.25) is 0 Å². The Balaban J connectivity index is 1.73. The number of rotatable bonds is 4. The fraction of sp³-hybridized carbons (Fsp3) is 0.111. The molecule has 4 nitrogen and oxygen atoms in total. The Kier molecular flexibility index (Phi) is 4.01. The number of amides is 1. The van der Waals surface area contributed by atoms with Crippen molar-refractivity contribution < 1.29 is 9.53 Å². The first-order valence-electron chi connectivity index (χ1n) is 7.05. The first-order chi connectivity index (χ1) is 10.7. The van der Waals surface area contributed by atoms with Gasteiger partial charge in [0.05, 0.1) is 11.2 Å². The quantitative estimate of drug-likeness (QED) is 0.800. The van der Waals surface area contributed by atoms with Gasteiger partial charge in [-0.1, -0.05) is 29.8 Å². The highest BCUT2D eigenvalue weighted by Crippen LogP contribution is 2.22. The smallest absolute Gasteiger partial charge is 0.262 e. The molecular weight excluding hydrogens is 276 g/mol. The van der Waals surface area contributed by atoms with Crippen molar-refractivity contribution in [3.8, 4) is 5.75 Å². The Morgan fingerprint density at radius 2 is 1.95 bits per heavy atom. The Morgan fingerprint density at radius 1 is 1.14 bits per heavy atom. The highest BCUT2D eigenvalue weighted by molar-refractivity contribution is 6.01. The summed E-state index contributed by atoms with van der Waals surface area (Å²) in [4.78, 5) is 16.4. The molecule has 0 atom stereocenters. The second-order valence-corrected chi connectivity index (χ2v) is 5.03. The SMILES string of the molecule is Cc1ccc2nccc(NC(=O)COc3ccccc3)c2c1. The number of benzene rings is 2. The van der Waals surface area contributed by atoms with E-state index < -0.39 is 0 Å². The molecule has 3 rings (SSSR count). The van der Waals surface area contributed by atoms with Crippen molar-refractivity contribution in [1.29, 1.82) is 0 Å². The molecule has 0 saturated carbocycles. The molecule has 0 saturated heterocycles. The Morgan fingerprint density at radius 3 is 2.77 bits per heavy atom. The van der Waals surface area contributed by atoms with Crippen LogP contribution in [0.15, 0.2) is 60.8 Å². The van der Waals surface area contributed by atoms with E-state index >= 15 is 0 Å². The van der Waals surface area contributed by atoms with Crippen molar-refractivity contribution in [2.24, 2.45) is 0 Å². The van der Waals surface area contributed by atoms with Crippen molar-refractivity contribution in [1.82, 2.24) is 4.98 Å². The number of pyridine rings is 1. The number of aromatic nitrogens is 1. The summed E-state index contributed by atoms with van der Waals surface area (Å²) in [6.07, 6.45) is 1.69. The number of carbonyl (C=O) groups excluding carboxylic acids is 1. The van der Waals surface area contributed by atoms with Gasteiger partial charge in [0.25, 0.3) is 5.91 Å². The number of fused-ring (bicyclic) bond motifs is 1. The summed E-state index contributed by atoms with van der Waals surface area (Å²) < 4.78 is 5.45. The molecule has 0 unspecified atom stereocenters. The molecule has 0 aliphatic rings. The average Bonchev–Trinajstić information content (AvgIpc) is 2.54. The zero-order valence-electron chi connectivity index (χ0n) is 12.2. The van der Waals surface area contributed by atoms with E-state index in [9.17, 15) is 4.79 Å². The van der Waals surface area contributed by atoms with Gasteiger partial charge in [0.15, 0.2) is 6.61 Å². The number of para-hydroxylation sites is 1. The van der Waals surface area contributed by atoms with Crippen LogP contribution in [0.3, 0.4) is 0 Å². The third-order valence-corrected chi connectivity index (χ3v) is 3.28. The number of anilines is 1. The zero-order chi connectivity index (χ0) is 15.4. The third kappa shape index (κ3) is 3.23. The normalized spacial score (nSPS) is 10.4. The van der Waals surface area contributed by atoms with E-state index in [1.165, 1.54) is 0 Å². The predicted octanol–water partition coefficient (Wildman–Crippen LogP) is 3.56. The molecule has 1 heterocycles.